The predicted octanol–water partition coefficient (Wildman–Crippen LogP) is 2.64. The third-order valence-electron chi connectivity index (χ3n) is 5.11. The van der Waals surface area contributed by atoms with Gasteiger partial charge in [0.05, 0.1) is 5.39 Å². The molecule has 0 radical (unpaired) electrons. The van der Waals surface area contributed by atoms with E-state index in [1.165, 1.54) is 24.1 Å². The fraction of sp³-hybridized carbons (Fsp3) is 0.263. The molecular formula is C19H17N5O2. The van der Waals surface area contributed by atoms with Crippen molar-refractivity contribution in [3.05, 3.63) is 41.3 Å². The first-order valence-electron chi connectivity index (χ1n) is 8.77. The molecular weight excluding hydrogens is 330 g/mol. The van der Waals surface area contributed by atoms with Crippen molar-refractivity contribution in [1.29, 1.82) is 0 Å². The lowest BCUT2D eigenvalue weighted by atomic mass is 9.96. The lowest BCUT2D eigenvalue weighted by Crippen LogP contribution is -2.29. The molecule has 0 atom stereocenters. The molecule has 3 aromatic rings. The number of aromatic amines is 1. The molecule has 2 aliphatic rings. The minimum Gasteiger partial charge on any atom is -0.343 e. The number of benzene rings is 1. The zero-order valence-electron chi connectivity index (χ0n) is 14.1. The molecule has 1 aromatic carbocycles. The van der Waals surface area contributed by atoms with E-state index < -0.39 is 11.7 Å². The van der Waals surface area contributed by atoms with Crippen LogP contribution < -0.4 is 10.6 Å². The molecule has 0 spiro atoms. The molecule has 0 bridgehead atoms. The van der Waals surface area contributed by atoms with E-state index in [0.717, 1.165) is 40.9 Å². The molecule has 3 N–H and O–H groups in total. The van der Waals surface area contributed by atoms with Crippen molar-refractivity contribution in [2.45, 2.75) is 32.1 Å². The van der Waals surface area contributed by atoms with E-state index >= 15 is 0 Å². The van der Waals surface area contributed by atoms with Gasteiger partial charge in [0.25, 0.3) is 5.91 Å². The van der Waals surface area contributed by atoms with Gasteiger partial charge in [-0.1, -0.05) is 6.07 Å². The second kappa shape index (κ2) is 5.66. The number of aromatic nitrogens is 3. The molecule has 3 heterocycles. The van der Waals surface area contributed by atoms with Crippen LogP contribution in [-0.2, 0) is 28.9 Å². The van der Waals surface area contributed by atoms with E-state index in [9.17, 15) is 9.59 Å². The van der Waals surface area contributed by atoms with Crippen molar-refractivity contribution in [1.82, 2.24) is 15.0 Å². The number of carbonyl (C=O) groups is 2. The van der Waals surface area contributed by atoms with E-state index in [4.69, 9.17) is 0 Å². The number of ketones is 1. The Bertz CT molecular complexity index is 1070. The van der Waals surface area contributed by atoms with Crippen LogP contribution in [0.15, 0.2) is 24.5 Å². The van der Waals surface area contributed by atoms with E-state index in [2.05, 4.69) is 25.6 Å². The number of nitrogens with zero attached hydrogens (tertiary/aromatic N) is 2. The van der Waals surface area contributed by atoms with Crippen LogP contribution in [-0.4, -0.2) is 26.6 Å². The van der Waals surface area contributed by atoms with Gasteiger partial charge in [-0.3, -0.25) is 9.59 Å². The molecule has 2 aromatic heterocycles. The summed E-state index contributed by atoms with van der Waals surface area (Å²) >= 11 is 0. The average Bonchev–Trinajstić information content (AvgIpc) is 3.02. The first-order chi connectivity index (χ1) is 12.7. The fourth-order valence-corrected chi connectivity index (χ4v) is 3.83. The SMILES string of the molecule is O=C1Cc2ccc(Nc3ncnc4[nH]c5c(c34)CCCC5)cc2NC1=O. The maximum Gasteiger partial charge on any atom is 0.292 e. The average molecular weight is 347 g/mol. The molecule has 1 aliphatic carbocycles. The number of fused-ring (bicyclic) bond motifs is 4. The lowest BCUT2D eigenvalue weighted by molar-refractivity contribution is -0.134. The number of H-pyrrole nitrogens is 1. The maximum atomic E-state index is 11.6. The second-order valence-electron chi connectivity index (χ2n) is 6.79. The summed E-state index contributed by atoms with van der Waals surface area (Å²) in [6, 6.07) is 5.60. The highest BCUT2D eigenvalue weighted by atomic mass is 16.2. The van der Waals surface area contributed by atoms with E-state index in [0.29, 0.717) is 5.69 Å². The zero-order valence-corrected chi connectivity index (χ0v) is 14.1. The van der Waals surface area contributed by atoms with Crippen molar-refractivity contribution in [2.24, 2.45) is 0 Å². The summed E-state index contributed by atoms with van der Waals surface area (Å²) in [6.45, 7) is 0. The van der Waals surface area contributed by atoms with Crippen molar-refractivity contribution < 1.29 is 9.59 Å². The minimum absolute atomic E-state index is 0.143. The smallest absolute Gasteiger partial charge is 0.292 e. The third kappa shape index (κ3) is 2.35. The number of rotatable bonds is 2. The van der Waals surface area contributed by atoms with Gasteiger partial charge < -0.3 is 15.6 Å². The van der Waals surface area contributed by atoms with Gasteiger partial charge in [-0.15, -0.1) is 0 Å². The summed E-state index contributed by atoms with van der Waals surface area (Å²) in [7, 11) is 0. The standard InChI is InChI=1S/C19H17N5O2/c25-15-7-10-5-6-11(8-14(10)24-19(15)26)22-17-16-12-3-1-2-4-13(12)23-18(16)21-9-20-17/h5-6,8-9H,1-4,7H2,(H,24,26)(H2,20,21,22,23). The Balaban J connectivity index is 1.54. The van der Waals surface area contributed by atoms with Crippen LogP contribution in [0.25, 0.3) is 11.0 Å². The largest absolute Gasteiger partial charge is 0.343 e. The Hall–Kier alpha value is -3.22. The molecule has 1 amide bonds. The first kappa shape index (κ1) is 15.1. The van der Waals surface area contributed by atoms with E-state index in [1.807, 2.05) is 18.2 Å². The molecule has 0 fully saturated rings. The van der Waals surface area contributed by atoms with Crippen LogP contribution in [0.5, 0.6) is 0 Å². The Morgan fingerprint density at radius 1 is 1.08 bits per heavy atom. The van der Waals surface area contributed by atoms with Crippen molar-refractivity contribution in [3.8, 4) is 0 Å². The quantitative estimate of drug-likeness (QED) is 0.619. The van der Waals surface area contributed by atoms with Crippen LogP contribution >= 0.6 is 0 Å². The highest BCUT2D eigenvalue weighted by Crippen LogP contribution is 2.34. The first-order valence-corrected chi connectivity index (χ1v) is 8.77. The maximum absolute atomic E-state index is 11.6. The molecule has 26 heavy (non-hydrogen) atoms. The van der Waals surface area contributed by atoms with Gasteiger partial charge in [0, 0.05) is 23.5 Å². The number of carbonyl (C=O) groups excluding carboxylic acids is 2. The highest BCUT2D eigenvalue weighted by Gasteiger charge is 2.24. The van der Waals surface area contributed by atoms with Gasteiger partial charge >= 0.3 is 0 Å². The van der Waals surface area contributed by atoms with Gasteiger partial charge in [-0.25, -0.2) is 9.97 Å². The summed E-state index contributed by atoms with van der Waals surface area (Å²) in [4.78, 5) is 35.4. The second-order valence-corrected chi connectivity index (χ2v) is 6.79. The number of hydrogen-bond acceptors (Lipinski definition) is 5. The number of anilines is 3. The Labute approximate surface area is 149 Å². The van der Waals surface area contributed by atoms with Crippen LogP contribution in [0.4, 0.5) is 17.2 Å². The normalized spacial score (nSPS) is 16.2. The number of hydrogen-bond donors (Lipinski definition) is 3. The number of amides is 1. The minimum atomic E-state index is -0.557. The molecule has 0 saturated heterocycles. The summed E-state index contributed by atoms with van der Waals surface area (Å²) in [6.07, 6.45) is 6.13. The van der Waals surface area contributed by atoms with Crippen molar-refractivity contribution in [2.75, 3.05) is 10.6 Å². The molecule has 7 nitrogen and oxygen atoms in total. The topological polar surface area (TPSA) is 99.8 Å². The number of Topliss-reactive ketones (excluding diaryl/α,β-unsaturated/α-hetero) is 1. The monoisotopic (exact) mass is 347 g/mol. The predicted molar refractivity (Wildman–Crippen MR) is 97.6 cm³/mol. The molecule has 7 heteroatoms. The van der Waals surface area contributed by atoms with Crippen LogP contribution in [0.3, 0.4) is 0 Å². The Morgan fingerprint density at radius 3 is 2.88 bits per heavy atom. The molecule has 0 unspecified atom stereocenters. The third-order valence-corrected chi connectivity index (χ3v) is 5.11. The van der Waals surface area contributed by atoms with Crippen molar-refractivity contribution in [3.63, 3.8) is 0 Å². The Morgan fingerprint density at radius 2 is 1.96 bits per heavy atom. The number of nitrogens with one attached hydrogen (secondary N) is 3. The van der Waals surface area contributed by atoms with Gasteiger partial charge in [0.1, 0.15) is 17.8 Å². The van der Waals surface area contributed by atoms with Gasteiger partial charge in [-0.05, 0) is 48.9 Å². The number of aryl methyl sites for hydroxylation is 2. The van der Waals surface area contributed by atoms with Crippen LogP contribution in [0.1, 0.15) is 29.7 Å². The molecule has 0 saturated carbocycles. The van der Waals surface area contributed by atoms with E-state index in [1.54, 1.807) is 6.33 Å². The Kier molecular flexibility index (Phi) is 3.28. The van der Waals surface area contributed by atoms with Crippen LogP contribution in [0.2, 0.25) is 0 Å². The molecule has 1 aliphatic heterocycles. The lowest BCUT2D eigenvalue weighted by Gasteiger charge is -2.17. The summed E-state index contributed by atoms with van der Waals surface area (Å²) in [5, 5.41) is 7.04. The summed E-state index contributed by atoms with van der Waals surface area (Å²) in [5.41, 5.74) is 5.71. The van der Waals surface area contributed by atoms with Crippen LogP contribution in [0, 0.1) is 0 Å². The molecule has 130 valence electrons. The fourth-order valence-electron chi connectivity index (χ4n) is 3.83. The van der Waals surface area contributed by atoms with Crippen molar-refractivity contribution >= 4 is 39.9 Å². The van der Waals surface area contributed by atoms with Gasteiger partial charge in [0.15, 0.2) is 0 Å². The summed E-state index contributed by atoms with van der Waals surface area (Å²) < 4.78 is 0. The highest BCUT2D eigenvalue weighted by molar-refractivity contribution is 6.42. The zero-order chi connectivity index (χ0) is 17.7. The van der Waals surface area contributed by atoms with Gasteiger partial charge in [-0.2, -0.15) is 0 Å². The molecule has 5 rings (SSSR count). The van der Waals surface area contributed by atoms with Gasteiger partial charge in [0.2, 0.25) is 5.78 Å². The van der Waals surface area contributed by atoms with E-state index in [-0.39, 0.29) is 6.42 Å². The summed E-state index contributed by atoms with van der Waals surface area (Å²) in [5.74, 6) is -0.207.